The number of halogens is 3. The number of H-pyrrole nitrogens is 1. The molecule has 184 valence electrons. The lowest BCUT2D eigenvalue weighted by molar-refractivity contribution is -0.137. The van der Waals surface area contributed by atoms with Crippen LogP contribution in [0.5, 0.6) is 6.01 Å². The summed E-state index contributed by atoms with van der Waals surface area (Å²) in [6.07, 6.45) is 0.421. The lowest BCUT2D eigenvalue weighted by atomic mass is 9.84. The minimum absolute atomic E-state index is 0.105. The number of hydrogen-bond donors (Lipinski definition) is 2. The Hall–Kier alpha value is -3.76. The standard InChI is InChI=1S/C24H24F3N5O3/c1-23(2,21(28)34)9-14-5-6-17(24(25,26)27)16(7-14)20-31-18(8-19(33)32-20)15-10-29-22(30-11-15)35-12-13-3-4-13/h5-8,10-11,13H,3-4,9,12H2,1-2H3,(H2,28,34)(H,31,32,33). The predicted octanol–water partition coefficient (Wildman–Crippen LogP) is 3.76. The molecule has 35 heavy (non-hydrogen) atoms. The second-order valence-corrected chi connectivity index (χ2v) is 9.29. The molecule has 1 aromatic carbocycles. The van der Waals surface area contributed by atoms with Gasteiger partial charge in [-0.3, -0.25) is 9.59 Å². The van der Waals surface area contributed by atoms with Gasteiger partial charge >= 0.3 is 12.2 Å². The number of nitrogens with two attached hydrogens (primary N) is 1. The van der Waals surface area contributed by atoms with Crippen molar-refractivity contribution in [1.82, 2.24) is 19.9 Å². The zero-order chi connectivity index (χ0) is 25.4. The minimum Gasteiger partial charge on any atom is -0.463 e. The summed E-state index contributed by atoms with van der Waals surface area (Å²) >= 11 is 0. The highest BCUT2D eigenvalue weighted by molar-refractivity contribution is 5.80. The van der Waals surface area contributed by atoms with Crippen molar-refractivity contribution in [3.05, 3.63) is 58.1 Å². The van der Waals surface area contributed by atoms with Gasteiger partial charge in [0.15, 0.2) is 0 Å². The summed E-state index contributed by atoms with van der Waals surface area (Å²) in [6, 6.07) is 4.78. The zero-order valence-corrected chi connectivity index (χ0v) is 19.1. The van der Waals surface area contributed by atoms with E-state index in [0.29, 0.717) is 23.7 Å². The summed E-state index contributed by atoms with van der Waals surface area (Å²) in [5.41, 5.74) is 3.38. The molecule has 1 aliphatic carbocycles. The van der Waals surface area contributed by atoms with Crippen LogP contribution in [0.1, 0.15) is 37.8 Å². The number of ether oxygens (including phenoxy) is 1. The number of aromatic amines is 1. The number of nitrogens with zero attached hydrogens (tertiary/aromatic N) is 3. The van der Waals surface area contributed by atoms with E-state index in [1.54, 1.807) is 13.8 Å². The molecule has 3 aromatic rings. The third kappa shape index (κ3) is 5.84. The van der Waals surface area contributed by atoms with E-state index in [1.165, 1.54) is 24.5 Å². The zero-order valence-electron chi connectivity index (χ0n) is 19.1. The van der Waals surface area contributed by atoms with Crippen molar-refractivity contribution in [1.29, 1.82) is 0 Å². The number of amides is 1. The summed E-state index contributed by atoms with van der Waals surface area (Å²) in [5.74, 6) is -0.341. The lowest BCUT2D eigenvalue weighted by Crippen LogP contribution is -2.33. The third-order valence-electron chi connectivity index (χ3n) is 5.77. The number of hydrogen-bond acceptors (Lipinski definition) is 6. The van der Waals surface area contributed by atoms with Crippen molar-refractivity contribution in [3.63, 3.8) is 0 Å². The van der Waals surface area contributed by atoms with Gasteiger partial charge in [0.05, 0.1) is 17.9 Å². The number of carbonyl (C=O) groups excluding carboxylic acids is 1. The number of nitrogens with one attached hydrogen (secondary N) is 1. The van der Waals surface area contributed by atoms with Crippen LogP contribution in [0.15, 0.2) is 41.5 Å². The van der Waals surface area contributed by atoms with Gasteiger partial charge in [-0.1, -0.05) is 19.9 Å². The molecule has 1 saturated carbocycles. The molecule has 1 amide bonds. The van der Waals surface area contributed by atoms with Gasteiger partial charge in [-0.05, 0) is 42.9 Å². The highest BCUT2D eigenvalue weighted by Crippen LogP contribution is 2.37. The van der Waals surface area contributed by atoms with Gasteiger partial charge in [-0.25, -0.2) is 15.0 Å². The number of carbonyl (C=O) groups is 1. The van der Waals surface area contributed by atoms with Crippen molar-refractivity contribution in [3.8, 4) is 28.7 Å². The van der Waals surface area contributed by atoms with Crippen LogP contribution in [0, 0.1) is 11.3 Å². The van der Waals surface area contributed by atoms with Gasteiger partial charge in [-0.15, -0.1) is 0 Å². The van der Waals surface area contributed by atoms with Crippen LogP contribution in [-0.4, -0.2) is 32.4 Å². The molecule has 0 bridgehead atoms. The first-order chi connectivity index (χ1) is 16.4. The number of primary amides is 1. The van der Waals surface area contributed by atoms with Gasteiger partial charge in [-0.2, -0.15) is 13.2 Å². The maximum absolute atomic E-state index is 13.8. The topological polar surface area (TPSA) is 124 Å². The van der Waals surface area contributed by atoms with Crippen LogP contribution in [0.25, 0.3) is 22.6 Å². The van der Waals surface area contributed by atoms with Crippen molar-refractivity contribution in [2.75, 3.05) is 6.61 Å². The fraction of sp³-hybridized carbons (Fsp3) is 0.375. The van der Waals surface area contributed by atoms with Crippen molar-refractivity contribution in [2.45, 2.75) is 39.3 Å². The fourth-order valence-electron chi connectivity index (χ4n) is 3.47. The molecule has 0 aliphatic heterocycles. The van der Waals surface area contributed by atoms with Crippen molar-refractivity contribution in [2.24, 2.45) is 17.1 Å². The molecule has 0 saturated heterocycles. The quantitative estimate of drug-likeness (QED) is 0.499. The van der Waals surface area contributed by atoms with Crippen molar-refractivity contribution >= 4 is 5.91 Å². The Labute approximate surface area is 198 Å². The summed E-state index contributed by atoms with van der Waals surface area (Å²) in [5, 5.41) is 0. The van der Waals surface area contributed by atoms with Crippen LogP contribution in [0.4, 0.5) is 13.2 Å². The second kappa shape index (κ2) is 9.12. The van der Waals surface area contributed by atoms with E-state index in [4.69, 9.17) is 10.5 Å². The second-order valence-electron chi connectivity index (χ2n) is 9.29. The monoisotopic (exact) mass is 487 g/mol. The predicted molar refractivity (Wildman–Crippen MR) is 121 cm³/mol. The molecule has 2 heterocycles. The van der Waals surface area contributed by atoms with E-state index in [-0.39, 0.29) is 29.5 Å². The maximum Gasteiger partial charge on any atom is 0.417 e. The Morgan fingerprint density at radius 2 is 1.86 bits per heavy atom. The Morgan fingerprint density at radius 3 is 2.46 bits per heavy atom. The van der Waals surface area contributed by atoms with E-state index >= 15 is 0 Å². The average Bonchev–Trinajstić information content (AvgIpc) is 3.61. The van der Waals surface area contributed by atoms with E-state index in [2.05, 4.69) is 19.9 Å². The molecule has 2 aromatic heterocycles. The highest BCUT2D eigenvalue weighted by atomic mass is 19.4. The Balaban J connectivity index is 1.72. The van der Waals surface area contributed by atoms with Crippen LogP contribution in [0.3, 0.4) is 0 Å². The van der Waals surface area contributed by atoms with Gasteiger partial charge in [0.2, 0.25) is 5.91 Å². The number of aromatic nitrogens is 4. The van der Waals surface area contributed by atoms with Gasteiger partial charge < -0.3 is 15.5 Å². The van der Waals surface area contributed by atoms with Crippen LogP contribution in [0.2, 0.25) is 0 Å². The van der Waals surface area contributed by atoms with Crippen LogP contribution in [-0.2, 0) is 17.4 Å². The highest BCUT2D eigenvalue weighted by Gasteiger charge is 2.35. The van der Waals surface area contributed by atoms with E-state index in [0.717, 1.165) is 25.0 Å². The van der Waals surface area contributed by atoms with E-state index < -0.39 is 28.6 Å². The van der Waals surface area contributed by atoms with Gasteiger partial charge in [0, 0.05) is 35.0 Å². The molecule has 0 unspecified atom stereocenters. The van der Waals surface area contributed by atoms with Gasteiger partial charge in [0.1, 0.15) is 5.82 Å². The lowest BCUT2D eigenvalue weighted by Gasteiger charge is -2.21. The molecular weight excluding hydrogens is 463 g/mol. The molecule has 0 atom stereocenters. The summed E-state index contributed by atoms with van der Waals surface area (Å²) in [4.78, 5) is 38.9. The largest absolute Gasteiger partial charge is 0.463 e. The van der Waals surface area contributed by atoms with Crippen LogP contribution < -0.4 is 16.0 Å². The molecule has 8 nitrogen and oxygen atoms in total. The van der Waals surface area contributed by atoms with E-state index in [1.807, 2.05) is 0 Å². The molecule has 0 radical (unpaired) electrons. The van der Waals surface area contributed by atoms with Crippen molar-refractivity contribution < 1.29 is 22.7 Å². The molecule has 0 spiro atoms. The van der Waals surface area contributed by atoms with Crippen LogP contribution >= 0.6 is 0 Å². The molecule has 3 N–H and O–H groups in total. The first-order valence-corrected chi connectivity index (χ1v) is 11.0. The molecule has 11 heteroatoms. The molecule has 4 rings (SSSR count). The molecular formula is C24H24F3N5O3. The number of alkyl halides is 3. The molecule has 1 aliphatic rings. The Kier molecular flexibility index (Phi) is 6.35. The SMILES string of the molecule is CC(C)(Cc1ccc(C(F)(F)F)c(-c2nc(-c3cnc(OCC4CC4)nc3)cc(=O)[nH]2)c1)C(N)=O. The Bertz CT molecular complexity index is 1300. The first kappa shape index (κ1) is 24.4. The summed E-state index contributed by atoms with van der Waals surface area (Å²) in [6.45, 7) is 3.73. The molecule has 1 fully saturated rings. The number of benzene rings is 1. The first-order valence-electron chi connectivity index (χ1n) is 11.0. The summed E-state index contributed by atoms with van der Waals surface area (Å²) < 4.78 is 46.9. The van der Waals surface area contributed by atoms with Gasteiger partial charge in [0.25, 0.3) is 5.56 Å². The fourth-order valence-corrected chi connectivity index (χ4v) is 3.47. The Morgan fingerprint density at radius 1 is 1.17 bits per heavy atom. The normalized spacial score (nSPS) is 14.1. The number of rotatable bonds is 8. The summed E-state index contributed by atoms with van der Waals surface area (Å²) in [7, 11) is 0. The maximum atomic E-state index is 13.8. The smallest absolute Gasteiger partial charge is 0.417 e. The third-order valence-corrected chi connectivity index (χ3v) is 5.77. The minimum atomic E-state index is -4.70. The van der Waals surface area contributed by atoms with E-state index in [9.17, 15) is 22.8 Å². The average molecular weight is 487 g/mol.